The van der Waals surface area contributed by atoms with Gasteiger partial charge < -0.3 is 4.90 Å². The summed E-state index contributed by atoms with van der Waals surface area (Å²) in [5.74, 6) is -0.580. The van der Waals surface area contributed by atoms with Crippen LogP contribution in [0, 0.1) is 12.7 Å². The number of hydrogen-bond acceptors (Lipinski definition) is 3. The summed E-state index contributed by atoms with van der Waals surface area (Å²) in [4.78, 5) is 29.8. The molecule has 1 heterocycles. The van der Waals surface area contributed by atoms with E-state index in [1.807, 2.05) is 25.1 Å². The molecule has 0 spiro atoms. The molecule has 160 valence electrons. The van der Waals surface area contributed by atoms with E-state index < -0.39 is 5.82 Å². The van der Waals surface area contributed by atoms with Crippen LogP contribution in [-0.2, 0) is 11.2 Å². The molecule has 6 heteroatoms. The fourth-order valence-corrected chi connectivity index (χ4v) is 3.55. The number of anilines is 1. The Morgan fingerprint density at radius 1 is 1.10 bits per heavy atom. The van der Waals surface area contributed by atoms with E-state index >= 15 is 0 Å². The first-order valence-corrected chi connectivity index (χ1v) is 10.5. The van der Waals surface area contributed by atoms with Gasteiger partial charge in [-0.25, -0.2) is 9.37 Å². The van der Waals surface area contributed by atoms with Gasteiger partial charge in [0.05, 0.1) is 5.69 Å². The van der Waals surface area contributed by atoms with E-state index in [1.54, 1.807) is 44.4 Å². The average molecular weight is 439 g/mol. The molecule has 1 amide bonds. The Bertz CT molecular complexity index is 1110. The fraction of sp³-hybridized carbons (Fsp3) is 0.240. The predicted octanol–water partition coefficient (Wildman–Crippen LogP) is 6.04. The molecule has 0 saturated carbocycles. The lowest BCUT2D eigenvalue weighted by Crippen LogP contribution is -2.25. The van der Waals surface area contributed by atoms with Gasteiger partial charge in [-0.05, 0) is 59.9 Å². The lowest BCUT2D eigenvalue weighted by molar-refractivity contribution is -0.118. The number of pyridine rings is 1. The number of Topliss-reactive ketones (excluding diaryl/α,β-unsaturated/α-hetero) is 1. The lowest BCUT2D eigenvalue weighted by Gasteiger charge is -2.18. The van der Waals surface area contributed by atoms with Crippen LogP contribution in [0.1, 0.15) is 41.3 Å². The second-order valence-corrected chi connectivity index (χ2v) is 7.80. The van der Waals surface area contributed by atoms with Crippen molar-refractivity contribution in [1.82, 2.24) is 4.98 Å². The zero-order chi connectivity index (χ0) is 22.5. The summed E-state index contributed by atoms with van der Waals surface area (Å²) in [5.41, 5.74) is 4.23. The van der Waals surface area contributed by atoms with Crippen molar-refractivity contribution in [3.8, 4) is 11.1 Å². The molecule has 0 atom stereocenters. The maximum atomic E-state index is 14.6. The molecule has 3 aromatic rings. The van der Waals surface area contributed by atoms with E-state index in [2.05, 4.69) is 4.98 Å². The number of rotatable bonds is 7. The molecule has 0 bridgehead atoms. The van der Waals surface area contributed by atoms with Gasteiger partial charge in [0.2, 0.25) is 5.91 Å². The van der Waals surface area contributed by atoms with Crippen molar-refractivity contribution < 1.29 is 14.0 Å². The Balaban J connectivity index is 1.75. The second kappa shape index (κ2) is 9.84. The van der Waals surface area contributed by atoms with Crippen LogP contribution in [-0.4, -0.2) is 23.7 Å². The third kappa shape index (κ3) is 5.36. The maximum absolute atomic E-state index is 14.6. The van der Waals surface area contributed by atoms with Crippen molar-refractivity contribution >= 4 is 29.0 Å². The average Bonchev–Trinajstić information content (AvgIpc) is 2.77. The lowest BCUT2D eigenvalue weighted by atomic mass is 9.95. The third-order valence-electron chi connectivity index (χ3n) is 5.27. The predicted molar refractivity (Wildman–Crippen MR) is 122 cm³/mol. The van der Waals surface area contributed by atoms with Crippen molar-refractivity contribution in [3.05, 3.63) is 82.4 Å². The van der Waals surface area contributed by atoms with Gasteiger partial charge in [-0.3, -0.25) is 9.59 Å². The van der Waals surface area contributed by atoms with Gasteiger partial charge in [0.1, 0.15) is 11.0 Å². The van der Waals surface area contributed by atoms with Gasteiger partial charge in [-0.2, -0.15) is 0 Å². The van der Waals surface area contributed by atoms with Crippen LogP contribution in [0.2, 0.25) is 5.15 Å². The third-order valence-corrected chi connectivity index (χ3v) is 5.50. The van der Waals surface area contributed by atoms with Crippen molar-refractivity contribution in [2.45, 2.75) is 33.1 Å². The number of carbonyl (C=O) groups is 2. The van der Waals surface area contributed by atoms with E-state index in [-0.39, 0.29) is 17.4 Å². The Labute approximate surface area is 186 Å². The van der Waals surface area contributed by atoms with Crippen LogP contribution < -0.4 is 4.90 Å². The number of carbonyl (C=O) groups excluding carboxylic acids is 2. The van der Waals surface area contributed by atoms with E-state index in [0.717, 1.165) is 16.7 Å². The number of aryl methyl sites for hydroxylation is 2. The van der Waals surface area contributed by atoms with Crippen LogP contribution in [0.15, 0.2) is 54.7 Å². The molecule has 0 aliphatic carbocycles. The van der Waals surface area contributed by atoms with Crippen molar-refractivity contribution in [2.75, 3.05) is 11.9 Å². The SMILES string of the molecule is CCC(=O)N(C)c1ccc(-c2ccc(C(=O)CCc3ccc(Cl)nc3)cc2C)cc1F. The summed E-state index contributed by atoms with van der Waals surface area (Å²) in [5, 5.41) is 0.425. The Morgan fingerprint density at radius 2 is 1.87 bits per heavy atom. The minimum absolute atomic E-state index is 0.0332. The van der Waals surface area contributed by atoms with Gasteiger partial charge in [-0.1, -0.05) is 42.8 Å². The number of ketones is 1. The summed E-state index contributed by atoms with van der Waals surface area (Å²) < 4.78 is 14.6. The van der Waals surface area contributed by atoms with Crippen molar-refractivity contribution in [1.29, 1.82) is 0 Å². The molecule has 4 nitrogen and oxygen atoms in total. The Morgan fingerprint density at radius 3 is 2.48 bits per heavy atom. The topological polar surface area (TPSA) is 50.3 Å². The van der Waals surface area contributed by atoms with Gasteiger partial charge in [0, 0.05) is 31.6 Å². The van der Waals surface area contributed by atoms with Crippen LogP contribution in [0.25, 0.3) is 11.1 Å². The smallest absolute Gasteiger partial charge is 0.226 e. The number of aromatic nitrogens is 1. The minimum atomic E-state index is -0.460. The molecule has 3 rings (SSSR count). The molecule has 2 aromatic carbocycles. The summed E-state index contributed by atoms with van der Waals surface area (Å²) in [6.07, 6.45) is 2.93. The number of nitrogens with zero attached hydrogens (tertiary/aromatic N) is 2. The zero-order valence-electron chi connectivity index (χ0n) is 17.8. The molecule has 1 aromatic heterocycles. The molecular weight excluding hydrogens is 415 g/mol. The number of halogens is 2. The van der Waals surface area contributed by atoms with Crippen LogP contribution in [0.4, 0.5) is 10.1 Å². The van der Waals surface area contributed by atoms with Gasteiger partial charge in [0.25, 0.3) is 0 Å². The van der Waals surface area contributed by atoms with Gasteiger partial charge in [0.15, 0.2) is 5.78 Å². The summed E-state index contributed by atoms with van der Waals surface area (Å²) in [7, 11) is 1.57. The van der Waals surface area contributed by atoms with Crippen LogP contribution in [0.5, 0.6) is 0 Å². The van der Waals surface area contributed by atoms with Gasteiger partial charge >= 0.3 is 0 Å². The largest absolute Gasteiger partial charge is 0.313 e. The van der Waals surface area contributed by atoms with Crippen molar-refractivity contribution in [2.24, 2.45) is 0 Å². The highest BCUT2D eigenvalue weighted by atomic mass is 35.5. The highest BCUT2D eigenvalue weighted by Crippen LogP contribution is 2.29. The van der Waals surface area contributed by atoms with Crippen LogP contribution in [0.3, 0.4) is 0 Å². The molecule has 31 heavy (non-hydrogen) atoms. The van der Waals surface area contributed by atoms with E-state index in [1.165, 1.54) is 11.0 Å². The fourth-order valence-electron chi connectivity index (χ4n) is 3.44. The minimum Gasteiger partial charge on any atom is -0.313 e. The number of benzene rings is 2. The van der Waals surface area contributed by atoms with Gasteiger partial charge in [-0.15, -0.1) is 0 Å². The Kier molecular flexibility index (Phi) is 7.18. The molecule has 0 fully saturated rings. The first-order valence-electron chi connectivity index (χ1n) is 10.1. The molecular formula is C25H24ClFN2O2. The molecule has 0 aliphatic rings. The molecule has 0 unspecified atom stereocenters. The second-order valence-electron chi connectivity index (χ2n) is 7.41. The summed E-state index contributed by atoms with van der Waals surface area (Å²) in [6, 6.07) is 13.8. The molecule has 0 N–H and O–H groups in total. The van der Waals surface area contributed by atoms with Crippen molar-refractivity contribution in [3.63, 3.8) is 0 Å². The highest BCUT2D eigenvalue weighted by molar-refractivity contribution is 6.29. The van der Waals surface area contributed by atoms with Crippen LogP contribution >= 0.6 is 11.6 Å². The van der Waals surface area contributed by atoms with E-state index in [9.17, 15) is 14.0 Å². The highest BCUT2D eigenvalue weighted by Gasteiger charge is 2.15. The van der Waals surface area contributed by atoms with E-state index in [4.69, 9.17) is 11.6 Å². The number of amides is 1. The summed E-state index contributed by atoms with van der Waals surface area (Å²) >= 11 is 5.79. The molecule has 0 radical (unpaired) electrons. The standard InChI is InChI=1S/C25H24ClFN2O2/c1-4-25(31)29(3)22-10-8-18(14-21(22)27)20-9-7-19(13-16(20)2)23(30)11-5-17-6-12-24(26)28-15-17/h6-10,12-15H,4-5,11H2,1-3H3. The quantitative estimate of drug-likeness (QED) is 0.334. The molecule has 0 aliphatic heterocycles. The first kappa shape index (κ1) is 22.6. The maximum Gasteiger partial charge on any atom is 0.226 e. The first-order chi connectivity index (χ1) is 14.8. The van der Waals surface area contributed by atoms with E-state index in [0.29, 0.717) is 35.5 Å². The zero-order valence-corrected chi connectivity index (χ0v) is 18.5. The molecule has 0 saturated heterocycles. The normalized spacial score (nSPS) is 10.7. The summed E-state index contributed by atoms with van der Waals surface area (Å²) in [6.45, 7) is 3.64. The number of hydrogen-bond donors (Lipinski definition) is 0. The monoisotopic (exact) mass is 438 g/mol. The Hall–Kier alpha value is -3.05.